The molecule has 3 heterocycles. The smallest absolute Gasteiger partial charge is 0.211 e. The molecule has 4 rings (SSSR count). The van der Waals surface area contributed by atoms with Crippen LogP contribution in [0, 0.1) is 0 Å². The van der Waals surface area contributed by atoms with Gasteiger partial charge in [0.15, 0.2) is 0 Å². The standard InChI is InChI=1S/C22H27N5OS/c1-3-21-25-26-22(29-21)24-20-11-5-10-19(23-20)17-8-6-12-27(15-17)14-16-7-4-9-18(13-16)28-2/h4-5,7,9-11,13,17H,3,6,8,12,14-15H2,1-2H3,(H,23,24,26)/t17-/m1/s1. The Kier molecular flexibility index (Phi) is 6.36. The zero-order valence-electron chi connectivity index (χ0n) is 17.0. The Hall–Kier alpha value is -2.51. The quantitative estimate of drug-likeness (QED) is 0.614. The van der Waals surface area contributed by atoms with E-state index in [-0.39, 0.29) is 0 Å². The van der Waals surface area contributed by atoms with Crippen molar-refractivity contribution >= 4 is 22.3 Å². The number of hydrogen-bond donors (Lipinski definition) is 1. The van der Waals surface area contributed by atoms with Gasteiger partial charge >= 0.3 is 0 Å². The number of anilines is 2. The Labute approximate surface area is 176 Å². The number of aryl methyl sites for hydroxylation is 1. The Morgan fingerprint density at radius 3 is 2.93 bits per heavy atom. The number of benzene rings is 1. The molecule has 29 heavy (non-hydrogen) atoms. The van der Waals surface area contributed by atoms with Gasteiger partial charge < -0.3 is 10.1 Å². The normalized spacial score (nSPS) is 17.2. The van der Waals surface area contributed by atoms with Gasteiger partial charge in [-0.15, -0.1) is 10.2 Å². The number of methoxy groups -OCH3 is 1. The Morgan fingerprint density at radius 2 is 2.10 bits per heavy atom. The summed E-state index contributed by atoms with van der Waals surface area (Å²) in [6.07, 6.45) is 3.26. The molecule has 1 N–H and O–H groups in total. The third kappa shape index (κ3) is 5.10. The van der Waals surface area contributed by atoms with Crippen molar-refractivity contribution in [3.63, 3.8) is 0 Å². The predicted octanol–water partition coefficient (Wildman–Crippen LogP) is 4.63. The van der Waals surface area contributed by atoms with E-state index in [1.165, 1.54) is 18.4 Å². The molecule has 0 spiro atoms. The molecule has 1 saturated heterocycles. The minimum Gasteiger partial charge on any atom is -0.497 e. The van der Waals surface area contributed by atoms with E-state index in [4.69, 9.17) is 9.72 Å². The molecule has 3 aromatic rings. The van der Waals surface area contributed by atoms with Gasteiger partial charge in [0.1, 0.15) is 16.6 Å². The summed E-state index contributed by atoms with van der Waals surface area (Å²) in [6, 6.07) is 14.6. The fraction of sp³-hybridized carbons (Fsp3) is 0.409. The van der Waals surface area contributed by atoms with Crippen LogP contribution in [0.1, 0.15) is 41.9 Å². The summed E-state index contributed by atoms with van der Waals surface area (Å²) in [5.41, 5.74) is 2.43. The molecule has 152 valence electrons. The first-order valence-corrected chi connectivity index (χ1v) is 11.0. The molecule has 1 aliphatic rings. The van der Waals surface area contributed by atoms with Crippen LogP contribution in [-0.4, -0.2) is 40.3 Å². The van der Waals surface area contributed by atoms with Gasteiger partial charge in [0, 0.05) is 24.7 Å². The second kappa shape index (κ2) is 9.33. The van der Waals surface area contributed by atoms with E-state index in [2.05, 4.69) is 57.7 Å². The molecule has 2 aromatic heterocycles. The highest BCUT2D eigenvalue weighted by Gasteiger charge is 2.23. The van der Waals surface area contributed by atoms with Gasteiger partial charge in [-0.1, -0.05) is 36.5 Å². The number of nitrogens with one attached hydrogen (secondary N) is 1. The van der Waals surface area contributed by atoms with Gasteiger partial charge in [-0.05, 0) is 55.6 Å². The molecule has 0 bridgehead atoms. The summed E-state index contributed by atoms with van der Waals surface area (Å²) >= 11 is 1.58. The van der Waals surface area contributed by atoms with E-state index < -0.39 is 0 Å². The molecule has 0 unspecified atom stereocenters. The highest BCUT2D eigenvalue weighted by molar-refractivity contribution is 7.15. The van der Waals surface area contributed by atoms with Gasteiger partial charge in [-0.25, -0.2) is 4.98 Å². The number of piperidine rings is 1. The molecule has 0 saturated carbocycles. The van der Waals surface area contributed by atoms with Crippen LogP contribution in [0.2, 0.25) is 0 Å². The molecule has 1 aromatic carbocycles. The predicted molar refractivity (Wildman–Crippen MR) is 117 cm³/mol. The average molecular weight is 410 g/mol. The van der Waals surface area contributed by atoms with E-state index in [0.717, 1.165) is 53.5 Å². The molecule has 7 heteroatoms. The van der Waals surface area contributed by atoms with Crippen LogP contribution < -0.4 is 10.1 Å². The molecule has 0 radical (unpaired) electrons. The Balaban J connectivity index is 1.42. The van der Waals surface area contributed by atoms with Gasteiger partial charge in [0.2, 0.25) is 5.13 Å². The zero-order valence-corrected chi connectivity index (χ0v) is 17.8. The highest BCUT2D eigenvalue weighted by Crippen LogP contribution is 2.28. The van der Waals surface area contributed by atoms with Crippen molar-refractivity contribution in [3.8, 4) is 5.75 Å². The maximum absolute atomic E-state index is 5.36. The lowest BCUT2D eigenvalue weighted by molar-refractivity contribution is 0.198. The second-order valence-corrected chi connectivity index (χ2v) is 8.42. The van der Waals surface area contributed by atoms with Crippen molar-refractivity contribution in [2.45, 2.75) is 38.6 Å². The van der Waals surface area contributed by atoms with Crippen molar-refractivity contribution in [2.24, 2.45) is 0 Å². The largest absolute Gasteiger partial charge is 0.497 e. The number of hydrogen-bond acceptors (Lipinski definition) is 7. The van der Waals surface area contributed by atoms with Gasteiger partial charge in [0.25, 0.3) is 0 Å². The molecule has 0 aliphatic carbocycles. The lowest BCUT2D eigenvalue weighted by atomic mass is 9.94. The molecule has 0 amide bonds. The van der Waals surface area contributed by atoms with Crippen molar-refractivity contribution in [2.75, 3.05) is 25.5 Å². The van der Waals surface area contributed by atoms with Crippen LogP contribution in [0.5, 0.6) is 5.75 Å². The van der Waals surface area contributed by atoms with Crippen LogP contribution in [0.4, 0.5) is 10.9 Å². The fourth-order valence-electron chi connectivity index (χ4n) is 3.77. The molecule has 6 nitrogen and oxygen atoms in total. The third-order valence-electron chi connectivity index (χ3n) is 5.24. The minimum absolute atomic E-state index is 0.441. The summed E-state index contributed by atoms with van der Waals surface area (Å²) in [4.78, 5) is 7.39. The van der Waals surface area contributed by atoms with E-state index >= 15 is 0 Å². The highest BCUT2D eigenvalue weighted by atomic mass is 32.1. The third-order valence-corrected chi connectivity index (χ3v) is 6.22. The van der Waals surface area contributed by atoms with Crippen molar-refractivity contribution in [1.82, 2.24) is 20.1 Å². The first kappa shape index (κ1) is 19.8. The van der Waals surface area contributed by atoms with E-state index in [1.807, 2.05) is 12.1 Å². The topological polar surface area (TPSA) is 63.2 Å². The molecule has 1 aliphatic heterocycles. The minimum atomic E-state index is 0.441. The SMILES string of the molecule is CCc1nnc(Nc2cccc([C@@H]3CCCN(Cc4cccc(OC)c4)C3)n2)s1. The Morgan fingerprint density at radius 1 is 1.21 bits per heavy atom. The van der Waals surface area contributed by atoms with Gasteiger partial charge in [-0.3, -0.25) is 4.90 Å². The van der Waals surface area contributed by atoms with Crippen molar-refractivity contribution < 1.29 is 4.74 Å². The molecule has 1 atom stereocenters. The summed E-state index contributed by atoms with van der Waals surface area (Å²) in [5, 5.41) is 13.5. The van der Waals surface area contributed by atoms with Crippen LogP contribution >= 0.6 is 11.3 Å². The van der Waals surface area contributed by atoms with Gasteiger partial charge in [-0.2, -0.15) is 0 Å². The van der Waals surface area contributed by atoms with Crippen molar-refractivity contribution in [3.05, 3.63) is 58.7 Å². The average Bonchev–Trinajstić information content (AvgIpc) is 3.22. The van der Waals surface area contributed by atoms with Crippen LogP contribution in [0.25, 0.3) is 0 Å². The summed E-state index contributed by atoms with van der Waals surface area (Å²) in [5.74, 6) is 2.20. The lowest BCUT2D eigenvalue weighted by Crippen LogP contribution is -2.34. The number of aromatic nitrogens is 3. The monoisotopic (exact) mass is 409 g/mol. The van der Waals surface area contributed by atoms with Crippen LogP contribution in [0.3, 0.4) is 0 Å². The van der Waals surface area contributed by atoms with Crippen molar-refractivity contribution in [1.29, 1.82) is 0 Å². The van der Waals surface area contributed by atoms with Crippen LogP contribution in [-0.2, 0) is 13.0 Å². The molecular formula is C22H27N5OS. The van der Waals surface area contributed by atoms with E-state index in [9.17, 15) is 0 Å². The number of pyridine rings is 1. The summed E-state index contributed by atoms with van der Waals surface area (Å²) < 4.78 is 5.36. The second-order valence-electron chi connectivity index (χ2n) is 7.35. The van der Waals surface area contributed by atoms with Gasteiger partial charge in [0.05, 0.1) is 7.11 Å². The van der Waals surface area contributed by atoms with E-state index in [0.29, 0.717) is 5.92 Å². The number of rotatable bonds is 7. The maximum Gasteiger partial charge on any atom is 0.211 e. The number of nitrogens with zero attached hydrogens (tertiary/aromatic N) is 4. The maximum atomic E-state index is 5.36. The summed E-state index contributed by atoms with van der Waals surface area (Å²) in [7, 11) is 1.72. The van der Waals surface area contributed by atoms with Crippen LogP contribution in [0.15, 0.2) is 42.5 Å². The number of ether oxygens (including phenoxy) is 1. The fourth-order valence-corrected chi connectivity index (χ4v) is 4.46. The van der Waals surface area contributed by atoms with E-state index in [1.54, 1.807) is 18.4 Å². The zero-order chi connectivity index (χ0) is 20.1. The lowest BCUT2D eigenvalue weighted by Gasteiger charge is -2.32. The number of likely N-dealkylation sites (tertiary alicyclic amines) is 1. The molecular weight excluding hydrogens is 382 g/mol. The first-order valence-electron chi connectivity index (χ1n) is 10.1. The Bertz CT molecular complexity index is 944. The summed E-state index contributed by atoms with van der Waals surface area (Å²) in [6.45, 7) is 5.17. The molecule has 1 fully saturated rings. The first-order chi connectivity index (χ1) is 14.2.